The van der Waals surface area contributed by atoms with Crippen molar-refractivity contribution in [3.63, 3.8) is 0 Å². The number of carbonyl (C=O) groups excluding carboxylic acids is 1. The second kappa shape index (κ2) is 9.41. The van der Waals surface area contributed by atoms with Crippen molar-refractivity contribution in [2.45, 2.75) is 129 Å². The van der Waals surface area contributed by atoms with E-state index in [2.05, 4.69) is 34.6 Å². The lowest BCUT2D eigenvalue weighted by Crippen LogP contribution is -2.71. The lowest BCUT2D eigenvalue weighted by Gasteiger charge is -2.69. The van der Waals surface area contributed by atoms with Crippen molar-refractivity contribution in [1.82, 2.24) is 0 Å². The molecule has 1 heterocycles. The fourth-order valence-corrected chi connectivity index (χ4v) is 12.2. The first-order chi connectivity index (χ1) is 20.5. The van der Waals surface area contributed by atoms with Crippen LogP contribution in [0.4, 0.5) is 0 Å². The number of aliphatic hydroxyl groups is 4. The van der Waals surface area contributed by atoms with Gasteiger partial charge in [-0.05, 0) is 117 Å². The highest BCUT2D eigenvalue weighted by molar-refractivity contribution is 5.99. The predicted octanol–water partition coefficient (Wildman–Crippen LogP) is 4.71. The van der Waals surface area contributed by atoms with E-state index in [1.54, 1.807) is 18.2 Å². The molecule has 5 N–H and O–H groups in total. The standard InChI is InChI=1S/C37H52O7/c1-20(2)21(3)30-31(44-30)33(5,42)26-12-14-37(43)27-17-28(40)36(18-22-7-9-23(38)10-8-22)19-25(39)29(41)24-11-13-35(27,34(24,36)6)16-15-32(26,37)4/h7-10,17,20-21,24-26,29-31,38-39,41-43H,11-16,18-19H2,1-6H3/t21-,24-,25-,26+,29+,30+,31-,32-,33-,34-,35+,36+,37-/m1/s1. The number of epoxide rings is 1. The molecule has 0 aromatic heterocycles. The van der Waals surface area contributed by atoms with Crippen LogP contribution in [0.1, 0.15) is 92.1 Å². The fourth-order valence-electron chi connectivity index (χ4n) is 12.2. The van der Waals surface area contributed by atoms with E-state index in [0.717, 1.165) is 24.0 Å². The molecule has 0 amide bonds. The van der Waals surface area contributed by atoms with Crippen molar-refractivity contribution >= 4 is 5.78 Å². The van der Waals surface area contributed by atoms with Crippen LogP contribution in [-0.2, 0) is 16.0 Å². The molecule has 7 heteroatoms. The molecule has 1 aliphatic heterocycles. The van der Waals surface area contributed by atoms with E-state index < -0.39 is 45.1 Å². The van der Waals surface area contributed by atoms with Gasteiger partial charge in [-0.1, -0.05) is 46.8 Å². The number of aromatic hydroxyl groups is 1. The van der Waals surface area contributed by atoms with Crippen LogP contribution in [0.5, 0.6) is 5.75 Å². The van der Waals surface area contributed by atoms with Crippen molar-refractivity contribution in [1.29, 1.82) is 0 Å². The SMILES string of the molecule is CC(C)[C@@H](C)[C@@H]1O[C@H]1[C@](C)(O)[C@H]1CC[C@@]2(O)C3=CC(=O)[C@]4(Cc5ccc(O)cc5)C[C@@H](O)[C@@H](O)[C@H]5CC[C@@]3(CC[C@]12C)[C@@]54C. The Morgan fingerprint density at radius 1 is 1.02 bits per heavy atom. The third-order valence-corrected chi connectivity index (χ3v) is 15.1. The van der Waals surface area contributed by atoms with Gasteiger partial charge in [0.2, 0.25) is 0 Å². The van der Waals surface area contributed by atoms with Gasteiger partial charge in [-0.2, -0.15) is 0 Å². The van der Waals surface area contributed by atoms with Crippen LogP contribution in [-0.4, -0.2) is 66.9 Å². The summed E-state index contributed by atoms with van der Waals surface area (Å²) in [5.41, 5.74) is -3.48. The summed E-state index contributed by atoms with van der Waals surface area (Å²) in [4.78, 5) is 14.8. The van der Waals surface area contributed by atoms with Gasteiger partial charge in [0, 0.05) is 16.2 Å². The molecule has 4 saturated carbocycles. The lowest BCUT2D eigenvalue weighted by atomic mass is 9.35. The average molecular weight is 609 g/mol. The zero-order valence-electron chi connectivity index (χ0n) is 27.2. The second-order valence-corrected chi connectivity index (χ2v) is 16.8. The molecule has 7 nitrogen and oxygen atoms in total. The molecule has 5 aliphatic carbocycles. The maximum Gasteiger partial charge on any atom is 0.162 e. The Morgan fingerprint density at radius 3 is 2.36 bits per heavy atom. The molecular weight excluding hydrogens is 556 g/mol. The topological polar surface area (TPSA) is 131 Å². The van der Waals surface area contributed by atoms with Crippen molar-refractivity contribution in [3.8, 4) is 5.75 Å². The minimum absolute atomic E-state index is 0.00197. The predicted molar refractivity (Wildman–Crippen MR) is 166 cm³/mol. The number of hydrogen-bond donors (Lipinski definition) is 5. The highest BCUT2D eigenvalue weighted by Crippen LogP contribution is 2.81. The summed E-state index contributed by atoms with van der Waals surface area (Å²) in [6, 6.07) is 6.95. The molecule has 0 unspecified atom stereocenters. The number of carbonyl (C=O) groups is 1. The van der Waals surface area contributed by atoms with Crippen LogP contribution in [0.3, 0.4) is 0 Å². The molecule has 242 valence electrons. The summed E-state index contributed by atoms with van der Waals surface area (Å²) in [6.07, 6.45) is 4.07. The van der Waals surface area contributed by atoms with Crippen molar-refractivity contribution in [2.24, 2.45) is 45.3 Å². The Hall–Kier alpha value is -1.77. The third kappa shape index (κ3) is 3.54. The number of benzene rings is 1. The molecule has 1 spiro atoms. The molecule has 1 aromatic rings. The Morgan fingerprint density at radius 2 is 1.70 bits per heavy atom. The van der Waals surface area contributed by atoms with Crippen molar-refractivity contribution < 1.29 is 35.1 Å². The number of phenols is 1. The van der Waals surface area contributed by atoms with Gasteiger partial charge in [-0.15, -0.1) is 0 Å². The number of ether oxygens (including phenoxy) is 1. The van der Waals surface area contributed by atoms with Gasteiger partial charge in [0.05, 0.1) is 29.5 Å². The van der Waals surface area contributed by atoms with E-state index in [-0.39, 0.29) is 42.0 Å². The molecular formula is C37H52O7. The zero-order valence-corrected chi connectivity index (χ0v) is 27.2. The average Bonchev–Trinajstić information content (AvgIpc) is 3.64. The summed E-state index contributed by atoms with van der Waals surface area (Å²) in [6.45, 7) is 12.7. The number of phenolic OH excluding ortho intramolecular Hbond substituents is 1. The van der Waals surface area contributed by atoms with Crippen LogP contribution in [0.2, 0.25) is 0 Å². The molecule has 0 bridgehead atoms. The lowest BCUT2D eigenvalue weighted by molar-refractivity contribution is -0.215. The van der Waals surface area contributed by atoms with E-state index >= 15 is 0 Å². The molecule has 44 heavy (non-hydrogen) atoms. The number of rotatable bonds is 6. The van der Waals surface area contributed by atoms with Gasteiger partial charge in [-0.3, -0.25) is 4.79 Å². The smallest absolute Gasteiger partial charge is 0.162 e. The van der Waals surface area contributed by atoms with Crippen LogP contribution in [0.15, 0.2) is 35.9 Å². The molecule has 1 aromatic carbocycles. The second-order valence-electron chi connectivity index (χ2n) is 16.8. The highest BCUT2D eigenvalue weighted by Gasteiger charge is 2.80. The van der Waals surface area contributed by atoms with Crippen LogP contribution >= 0.6 is 0 Å². The quantitative estimate of drug-likeness (QED) is 0.296. The Kier molecular flexibility index (Phi) is 6.60. The first-order valence-corrected chi connectivity index (χ1v) is 17.0. The minimum atomic E-state index is -1.27. The molecule has 0 radical (unpaired) electrons. The zero-order chi connectivity index (χ0) is 31.8. The summed E-state index contributed by atoms with van der Waals surface area (Å²) >= 11 is 0. The Labute approximate surface area is 261 Å². The molecule has 13 atom stereocenters. The number of hydrogen-bond acceptors (Lipinski definition) is 7. The van der Waals surface area contributed by atoms with Gasteiger partial charge >= 0.3 is 0 Å². The maximum absolute atomic E-state index is 14.8. The van der Waals surface area contributed by atoms with Crippen LogP contribution in [0, 0.1) is 45.3 Å². The van der Waals surface area contributed by atoms with E-state index in [0.29, 0.717) is 43.9 Å². The largest absolute Gasteiger partial charge is 0.508 e. The Bertz CT molecular complexity index is 1380. The minimum Gasteiger partial charge on any atom is -0.508 e. The van der Waals surface area contributed by atoms with E-state index in [4.69, 9.17) is 4.74 Å². The monoisotopic (exact) mass is 608 g/mol. The molecule has 7 rings (SSSR count). The third-order valence-electron chi connectivity index (χ3n) is 15.1. The highest BCUT2D eigenvalue weighted by atomic mass is 16.6. The first kappa shape index (κ1) is 30.9. The fraction of sp³-hybridized carbons (Fsp3) is 0.757. The number of allylic oxidation sites excluding steroid dienone is 1. The van der Waals surface area contributed by atoms with Gasteiger partial charge in [0.1, 0.15) is 11.9 Å². The summed E-state index contributed by atoms with van der Waals surface area (Å²) in [5.74, 6) is 0.342. The van der Waals surface area contributed by atoms with Crippen LogP contribution < -0.4 is 0 Å². The number of aliphatic hydroxyl groups excluding tert-OH is 2. The van der Waals surface area contributed by atoms with Gasteiger partial charge in [0.15, 0.2) is 5.78 Å². The van der Waals surface area contributed by atoms with E-state index in [1.165, 1.54) is 0 Å². The van der Waals surface area contributed by atoms with Crippen LogP contribution in [0.25, 0.3) is 0 Å². The maximum atomic E-state index is 14.8. The van der Waals surface area contributed by atoms with Gasteiger partial charge in [-0.25, -0.2) is 0 Å². The number of ketones is 1. The van der Waals surface area contributed by atoms with E-state index in [9.17, 15) is 30.3 Å². The first-order valence-electron chi connectivity index (χ1n) is 17.0. The van der Waals surface area contributed by atoms with Gasteiger partial charge in [0.25, 0.3) is 0 Å². The van der Waals surface area contributed by atoms with E-state index in [1.807, 2.05) is 19.1 Å². The Balaban J connectivity index is 1.32. The molecule has 1 saturated heterocycles. The summed E-state index contributed by atoms with van der Waals surface area (Å²) in [7, 11) is 0. The summed E-state index contributed by atoms with van der Waals surface area (Å²) < 4.78 is 6.16. The normalized spacial score (nSPS) is 49.5. The number of fused-ring (bicyclic) bond motifs is 2. The summed E-state index contributed by atoms with van der Waals surface area (Å²) in [5, 5.41) is 57.8. The molecule has 6 aliphatic rings. The van der Waals surface area contributed by atoms with Crippen molar-refractivity contribution in [2.75, 3.05) is 0 Å². The van der Waals surface area contributed by atoms with Gasteiger partial charge < -0.3 is 30.3 Å². The molecule has 5 fully saturated rings. The van der Waals surface area contributed by atoms with Crippen molar-refractivity contribution in [3.05, 3.63) is 41.5 Å².